The highest BCUT2D eigenvalue weighted by molar-refractivity contribution is 6.42. The molecule has 0 radical (unpaired) electrons. The number of carbonyl (C=O) groups is 2. The van der Waals surface area contributed by atoms with E-state index in [1.807, 2.05) is 85.8 Å². The number of allylic oxidation sites excluding steroid dienone is 1. The largest absolute Gasteiger partial charge is 0.454 e. The van der Waals surface area contributed by atoms with Crippen molar-refractivity contribution in [3.8, 4) is 22.5 Å². The lowest BCUT2D eigenvalue weighted by Gasteiger charge is -2.07. The lowest BCUT2D eigenvalue weighted by molar-refractivity contribution is 0.0990. The zero-order valence-electron chi connectivity index (χ0n) is 20.8. The summed E-state index contributed by atoms with van der Waals surface area (Å²) >= 11 is 0. The third kappa shape index (κ3) is 3.38. The number of aryl methyl sites for hydroxylation is 1. The van der Waals surface area contributed by atoms with Gasteiger partial charge in [-0.05, 0) is 47.0 Å². The average molecular weight is 494 g/mol. The van der Waals surface area contributed by atoms with E-state index in [0.29, 0.717) is 17.7 Å². The van der Waals surface area contributed by atoms with Crippen molar-refractivity contribution in [2.75, 3.05) is 0 Å². The molecule has 0 amide bonds. The van der Waals surface area contributed by atoms with Gasteiger partial charge in [0, 0.05) is 41.1 Å². The Morgan fingerprint density at radius 1 is 0.684 bits per heavy atom. The maximum Gasteiger partial charge on any atom is 0.197 e. The Labute approximate surface area is 219 Å². The van der Waals surface area contributed by atoms with Gasteiger partial charge >= 0.3 is 0 Å². The summed E-state index contributed by atoms with van der Waals surface area (Å²) in [5.74, 6) is 0.324. The summed E-state index contributed by atoms with van der Waals surface area (Å²) in [6, 6.07) is 33.8. The Morgan fingerprint density at radius 2 is 1.29 bits per heavy atom. The molecule has 0 atom stereocenters. The minimum Gasteiger partial charge on any atom is -0.454 e. The Kier molecular flexibility index (Phi) is 5.02. The molecule has 4 heteroatoms. The van der Waals surface area contributed by atoms with Crippen LogP contribution in [-0.2, 0) is 6.54 Å². The summed E-state index contributed by atoms with van der Waals surface area (Å²) in [6.07, 6.45) is 1.71. The molecule has 182 valence electrons. The predicted molar refractivity (Wildman–Crippen MR) is 151 cm³/mol. The number of hydrogen-bond acceptors (Lipinski definition) is 3. The first-order valence-electron chi connectivity index (χ1n) is 12.7. The van der Waals surface area contributed by atoms with Gasteiger partial charge in [0.25, 0.3) is 0 Å². The minimum absolute atomic E-state index is 0.194. The molecule has 38 heavy (non-hydrogen) atoms. The van der Waals surface area contributed by atoms with Crippen LogP contribution in [0.25, 0.3) is 50.4 Å². The van der Waals surface area contributed by atoms with Gasteiger partial charge in [0.1, 0.15) is 5.76 Å². The normalized spacial score (nSPS) is 13.0. The molecule has 0 bridgehead atoms. The van der Waals surface area contributed by atoms with Gasteiger partial charge in [-0.2, -0.15) is 0 Å². The number of furan rings is 1. The van der Waals surface area contributed by atoms with Gasteiger partial charge in [0.15, 0.2) is 17.1 Å². The highest BCUT2D eigenvalue weighted by atomic mass is 16.3. The fourth-order valence-electron chi connectivity index (χ4n) is 5.52. The van der Waals surface area contributed by atoms with Crippen LogP contribution in [-0.4, -0.2) is 16.1 Å². The average Bonchev–Trinajstić information content (AvgIpc) is 3.58. The van der Waals surface area contributed by atoms with Crippen molar-refractivity contribution in [2.24, 2.45) is 0 Å². The van der Waals surface area contributed by atoms with Gasteiger partial charge < -0.3 is 8.98 Å². The molecule has 0 spiro atoms. The molecule has 2 heterocycles. The molecule has 0 saturated carbocycles. The number of aromatic nitrogens is 1. The molecule has 4 aromatic carbocycles. The lowest BCUT2D eigenvalue weighted by Crippen LogP contribution is -2.03. The number of nitrogens with zero attached hydrogens (tertiary/aromatic N) is 1. The fraction of sp³-hybridized carbons (Fsp3) is 0.0588. The molecule has 6 aromatic rings. The van der Waals surface area contributed by atoms with Crippen molar-refractivity contribution >= 4 is 39.5 Å². The molecule has 0 fully saturated rings. The summed E-state index contributed by atoms with van der Waals surface area (Å²) in [7, 11) is 0. The van der Waals surface area contributed by atoms with Crippen LogP contribution in [0.3, 0.4) is 0 Å². The first kappa shape index (κ1) is 22.3. The SMILES string of the molecule is CCn1c(C=C2C(=O)c3cc4ccccc4cc3C2=O)cc2oc(-c3ccccc3-c3ccccc3)cc21. The van der Waals surface area contributed by atoms with E-state index in [-0.39, 0.29) is 17.1 Å². The van der Waals surface area contributed by atoms with Crippen LogP contribution < -0.4 is 0 Å². The van der Waals surface area contributed by atoms with Crippen LogP contribution in [0.5, 0.6) is 0 Å². The molecule has 0 saturated heterocycles. The van der Waals surface area contributed by atoms with Gasteiger partial charge in [0.2, 0.25) is 0 Å². The molecule has 0 unspecified atom stereocenters. The van der Waals surface area contributed by atoms with Gasteiger partial charge in [-0.1, -0.05) is 78.9 Å². The van der Waals surface area contributed by atoms with Crippen LogP contribution in [0.4, 0.5) is 0 Å². The monoisotopic (exact) mass is 493 g/mol. The van der Waals surface area contributed by atoms with Gasteiger partial charge in [-0.15, -0.1) is 0 Å². The van der Waals surface area contributed by atoms with Gasteiger partial charge in [-0.25, -0.2) is 0 Å². The van der Waals surface area contributed by atoms with Gasteiger partial charge in [-0.3, -0.25) is 9.59 Å². The number of Topliss-reactive ketones (excluding diaryl/α,β-unsaturated/α-hetero) is 2. The number of hydrogen-bond donors (Lipinski definition) is 0. The van der Waals surface area contributed by atoms with E-state index in [2.05, 4.69) is 28.8 Å². The minimum atomic E-state index is -0.228. The summed E-state index contributed by atoms with van der Waals surface area (Å²) in [5, 5.41) is 1.90. The summed E-state index contributed by atoms with van der Waals surface area (Å²) < 4.78 is 8.44. The van der Waals surface area contributed by atoms with Crippen LogP contribution in [0, 0.1) is 0 Å². The Bertz CT molecular complexity index is 1880. The van der Waals surface area contributed by atoms with Crippen molar-refractivity contribution in [2.45, 2.75) is 13.5 Å². The summed E-state index contributed by atoms with van der Waals surface area (Å²) in [6.45, 7) is 2.72. The second-order valence-corrected chi connectivity index (χ2v) is 9.55. The second kappa shape index (κ2) is 8.56. The molecule has 1 aliphatic carbocycles. The predicted octanol–water partition coefficient (Wildman–Crippen LogP) is 8.20. The molecule has 0 aliphatic heterocycles. The van der Waals surface area contributed by atoms with E-state index in [1.165, 1.54) is 0 Å². The van der Waals surface area contributed by atoms with Crippen LogP contribution >= 0.6 is 0 Å². The van der Waals surface area contributed by atoms with Crippen molar-refractivity contribution in [3.63, 3.8) is 0 Å². The molecular formula is C34H23NO3. The first-order valence-corrected chi connectivity index (χ1v) is 12.7. The van der Waals surface area contributed by atoms with E-state index in [0.717, 1.165) is 50.0 Å². The topological polar surface area (TPSA) is 52.2 Å². The molecule has 7 rings (SSSR count). The number of ketones is 2. The zero-order chi connectivity index (χ0) is 25.8. The summed E-state index contributed by atoms with van der Waals surface area (Å²) in [4.78, 5) is 26.6. The van der Waals surface area contributed by atoms with E-state index in [9.17, 15) is 9.59 Å². The molecule has 0 N–H and O–H groups in total. The fourth-order valence-corrected chi connectivity index (χ4v) is 5.52. The number of fused-ring (bicyclic) bond motifs is 3. The third-order valence-corrected chi connectivity index (χ3v) is 7.37. The highest BCUT2D eigenvalue weighted by Crippen LogP contribution is 2.37. The second-order valence-electron chi connectivity index (χ2n) is 9.55. The van der Waals surface area contributed by atoms with Crippen molar-refractivity contribution < 1.29 is 14.0 Å². The zero-order valence-corrected chi connectivity index (χ0v) is 20.8. The maximum atomic E-state index is 13.3. The maximum absolute atomic E-state index is 13.3. The van der Waals surface area contributed by atoms with Crippen molar-refractivity contribution in [3.05, 3.63) is 126 Å². The van der Waals surface area contributed by atoms with Gasteiger partial charge in [0.05, 0.1) is 11.1 Å². The molecule has 2 aromatic heterocycles. The molecule has 4 nitrogen and oxygen atoms in total. The third-order valence-electron chi connectivity index (χ3n) is 7.37. The summed E-state index contributed by atoms with van der Waals surface area (Å²) in [5.41, 5.74) is 6.80. The Hall–Kier alpha value is -4.96. The van der Waals surface area contributed by atoms with Crippen LogP contribution in [0.15, 0.2) is 113 Å². The smallest absolute Gasteiger partial charge is 0.197 e. The van der Waals surface area contributed by atoms with Crippen molar-refractivity contribution in [1.29, 1.82) is 0 Å². The van der Waals surface area contributed by atoms with E-state index in [4.69, 9.17) is 4.42 Å². The van der Waals surface area contributed by atoms with E-state index < -0.39 is 0 Å². The number of benzene rings is 4. The number of rotatable bonds is 4. The first-order chi connectivity index (χ1) is 18.6. The van der Waals surface area contributed by atoms with Crippen molar-refractivity contribution in [1.82, 2.24) is 4.57 Å². The number of carbonyl (C=O) groups excluding carboxylic acids is 2. The van der Waals surface area contributed by atoms with Crippen LogP contribution in [0.2, 0.25) is 0 Å². The lowest BCUT2D eigenvalue weighted by atomic mass is 9.98. The Morgan fingerprint density at radius 3 is 1.95 bits per heavy atom. The Balaban J connectivity index is 1.31. The highest BCUT2D eigenvalue weighted by Gasteiger charge is 2.34. The molecular weight excluding hydrogens is 470 g/mol. The molecule has 1 aliphatic rings. The standard InChI is InChI=1S/C34H23NO3/c1-2-35-24(18-29-33(36)27-16-22-12-6-7-13-23(22)17-28(27)34(29)37)19-32-30(35)20-31(38-32)26-15-9-8-14-25(26)21-10-4-3-5-11-21/h3-20H,2H2,1H3. The van der Waals surface area contributed by atoms with E-state index in [1.54, 1.807) is 6.08 Å². The quantitative estimate of drug-likeness (QED) is 0.184. The van der Waals surface area contributed by atoms with E-state index >= 15 is 0 Å². The van der Waals surface area contributed by atoms with Crippen LogP contribution in [0.1, 0.15) is 33.3 Å².